The van der Waals surface area contributed by atoms with Crippen LogP contribution in [0.4, 0.5) is 0 Å². The summed E-state index contributed by atoms with van der Waals surface area (Å²) in [6.07, 6.45) is -0.0402. The van der Waals surface area contributed by atoms with Gasteiger partial charge in [-0.15, -0.1) is 0 Å². The molecule has 1 aromatic carbocycles. The van der Waals surface area contributed by atoms with E-state index in [1.54, 1.807) is 12.1 Å². The summed E-state index contributed by atoms with van der Waals surface area (Å²) < 4.78 is 5.27. The van der Waals surface area contributed by atoms with Crippen LogP contribution in [-0.4, -0.2) is 67.2 Å². The fourth-order valence-corrected chi connectivity index (χ4v) is 2.51. The van der Waals surface area contributed by atoms with Crippen LogP contribution < -0.4 is 5.32 Å². The molecule has 6 nitrogen and oxygen atoms in total. The number of ketones is 1. The maximum absolute atomic E-state index is 12.2. The molecule has 0 aliphatic carbocycles. The number of carbonyl (C=O) groups is 2. The highest BCUT2D eigenvalue weighted by molar-refractivity contribution is 5.98. The van der Waals surface area contributed by atoms with Crippen molar-refractivity contribution in [3.63, 3.8) is 0 Å². The molecule has 1 fully saturated rings. The smallest absolute Gasteiger partial charge is 0.321 e. The zero-order valence-corrected chi connectivity index (χ0v) is 13.5. The second-order valence-electron chi connectivity index (χ2n) is 5.79. The van der Waals surface area contributed by atoms with Crippen molar-refractivity contribution in [1.29, 1.82) is 0 Å². The van der Waals surface area contributed by atoms with Gasteiger partial charge in [-0.1, -0.05) is 29.8 Å². The van der Waals surface area contributed by atoms with E-state index in [4.69, 9.17) is 4.74 Å². The number of nitrogens with zero attached hydrogens (tertiary/aromatic N) is 1. The number of nitrogens with one attached hydrogen (secondary N) is 1. The molecule has 1 aromatic rings. The molecule has 0 spiro atoms. The normalized spacial score (nSPS) is 16.9. The van der Waals surface area contributed by atoms with E-state index < -0.39 is 12.0 Å². The van der Waals surface area contributed by atoms with Crippen molar-refractivity contribution in [3.05, 3.63) is 35.4 Å². The van der Waals surface area contributed by atoms with Crippen LogP contribution in [-0.2, 0) is 9.53 Å². The SMILES string of the molecule is Cc1ccc(C(=O)CC(NCCN2CCOCC2)C(=O)O)cc1. The standard InChI is InChI=1S/C17H24N2O4/c1-13-2-4-14(5-3-13)16(20)12-15(17(21)22)18-6-7-19-8-10-23-11-9-19/h2-5,15,18H,6-12H2,1H3,(H,21,22). The minimum Gasteiger partial charge on any atom is -0.480 e. The molecule has 0 bridgehead atoms. The molecule has 0 radical (unpaired) electrons. The van der Waals surface area contributed by atoms with E-state index >= 15 is 0 Å². The van der Waals surface area contributed by atoms with E-state index in [1.165, 1.54) is 0 Å². The first-order valence-electron chi connectivity index (χ1n) is 7.92. The van der Waals surface area contributed by atoms with Crippen LogP contribution in [0, 0.1) is 6.92 Å². The number of ether oxygens (including phenoxy) is 1. The minimum absolute atomic E-state index is 0.0402. The van der Waals surface area contributed by atoms with E-state index in [9.17, 15) is 14.7 Å². The Bertz CT molecular complexity index is 524. The van der Waals surface area contributed by atoms with Crippen LogP contribution in [0.25, 0.3) is 0 Å². The second kappa shape index (κ2) is 8.76. The highest BCUT2D eigenvalue weighted by atomic mass is 16.5. The monoisotopic (exact) mass is 320 g/mol. The highest BCUT2D eigenvalue weighted by Gasteiger charge is 2.21. The van der Waals surface area contributed by atoms with Crippen molar-refractivity contribution >= 4 is 11.8 Å². The Balaban J connectivity index is 1.81. The second-order valence-corrected chi connectivity index (χ2v) is 5.79. The van der Waals surface area contributed by atoms with Gasteiger partial charge in [-0.05, 0) is 6.92 Å². The summed E-state index contributed by atoms with van der Waals surface area (Å²) in [5, 5.41) is 12.3. The van der Waals surface area contributed by atoms with Crippen molar-refractivity contribution in [3.8, 4) is 0 Å². The third-order valence-electron chi connectivity index (χ3n) is 3.98. The number of benzene rings is 1. The van der Waals surface area contributed by atoms with Gasteiger partial charge in [0.25, 0.3) is 0 Å². The van der Waals surface area contributed by atoms with E-state index in [1.807, 2.05) is 19.1 Å². The molecule has 0 amide bonds. The fraction of sp³-hybridized carbons (Fsp3) is 0.529. The Morgan fingerprint density at radius 2 is 1.91 bits per heavy atom. The van der Waals surface area contributed by atoms with Gasteiger partial charge in [-0.2, -0.15) is 0 Å². The first kappa shape index (κ1) is 17.6. The van der Waals surface area contributed by atoms with Gasteiger partial charge in [0.1, 0.15) is 6.04 Å². The van der Waals surface area contributed by atoms with Gasteiger partial charge in [0.15, 0.2) is 5.78 Å². The quantitative estimate of drug-likeness (QED) is 0.694. The molecule has 1 saturated heterocycles. The number of aliphatic carboxylic acids is 1. The molecular weight excluding hydrogens is 296 g/mol. The molecule has 1 aliphatic heterocycles. The van der Waals surface area contributed by atoms with Crippen LogP contribution in [0.15, 0.2) is 24.3 Å². The van der Waals surface area contributed by atoms with Gasteiger partial charge < -0.3 is 15.2 Å². The third-order valence-corrected chi connectivity index (χ3v) is 3.98. The topological polar surface area (TPSA) is 78.9 Å². The summed E-state index contributed by atoms with van der Waals surface area (Å²) in [6, 6.07) is 6.34. The Labute approximate surface area is 136 Å². The first-order chi connectivity index (χ1) is 11.1. The molecule has 0 saturated carbocycles. The van der Waals surface area contributed by atoms with E-state index in [0.29, 0.717) is 25.3 Å². The summed E-state index contributed by atoms with van der Waals surface area (Å²) >= 11 is 0. The number of carboxylic acid groups (broad SMARTS) is 1. The van der Waals surface area contributed by atoms with Crippen molar-refractivity contribution < 1.29 is 19.4 Å². The molecule has 2 N–H and O–H groups in total. The third kappa shape index (κ3) is 5.74. The number of morpholine rings is 1. The predicted molar refractivity (Wildman–Crippen MR) is 86.8 cm³/mol. The highest BCUT2D eigenvalue weighted by Crippen LogP contribution is 2.08. The number of aryl methyl sites for hydroxylation is 1. The lowest BCUT2D eigenvalue weighted by molar-refractivity contribution is -0.139. The van der Waals surface area contributed by atoms with Crippen molar-refractivity contribution in [2.45, 2.75) is 19.4 Å². The van der Waals surface area contributed by atoms with Gasteiger partial charge in [0, 0.05) is 38.2 Å². The molecule has 0 aromatic heterocycles. The van der Waals surface area contributed by atoms with Crippen LogP contribution in [0.1, 0.15) is 22.3 Å². The van der Waals surface area contributed by atoms with Crippen molar-refractivity contribution in [2.24, 2.45) is 0 Å². The van der Waals surface area contributed by atoms with Crippen molar-refractivity contribution in [2.75, 3.05) is 39.4 Å². The molecule has 126 valence electrons. The zero-order chi connectivity index (χ0) is 16.7. The van der Waals surface area contributed by atoms with Crippen LogP contribution >= 0.6 is 0 Å². The Kier molecular flexibility index (Phi) is 6.70. The molecule has 1 aliphatic rings. The van der Waals surface area contributed by atoms with Crippen LogP contribution in [0.3, 0.4) is 0 Å². The number of carboxylic acids is 1. The minimum atomic E-state index is -0.993. The zero-order valence-electron chi connectivity index (χ0n) is 13.5. The van der Waals surface area contributed by atoms with Crippen LogP contribution in [0.2, 0.25) is 0 Å². The largest absolute Gasteiger partial charge is 0.480 e. The summed E-state index contributed by atoms with van der Waals surface area (Å²) in [4.78, 5) is 25.8. The van der Waals surface area contributed by atoms with Gasteiger partial charge in [-0.3, -0.25) is 14.5 Å². The number of carbonyl (C=O) groups excluding carboxylic acids is 1. The molecular formula is C17H24N2O4. The predicted octanol–water partition coefficient (Wildman–Crippen LogP) is 0.943. The van der Waals surface area contributed by atoms with Gasteiger partial charge >= 0.3 is 5.97 Å². The van der Waals surface area contributed by atoms with Gasteiger partial charge in [-0.25, -0.2) is 0 Å². The van der Waals surface area contributed by atoms with E-state index in [2.05, 4.69) is 10.2 Å². The van der Waals surface area contributed by atoms with Crippen LogP contribution in [0.5, 0.6) is 0 Å². The lowest BCUT2D eigenvalue weighted by Gasteiger charge is -2.27. The molecule has 1 unspecified atom stereocenters. The maximum atomic E-state index is 12.2. The average molecular weight is 320 g/mol. The van der Waals surface area contributed by atoms with Gasteiger partial charge in [0.05, 0.1) is 13.2 Å². The number of rotatable bonds is 8. The fourth-order valence-electron chi connectivity index (χ4n) is 2.51. The molecule has 2 rings (SSSR count). The molecule has 23 heavy (non-hydrogen) atoms. The number of Topliss-reactive ketones (excluding diaryl/α,β-unsaturated/α-hetero) is 1. The summed E-state index contributed by atoms with van der Waals surface area (Å²) in [5.41, 5.74) is 1.62. The maximum Gasteiger partial charge on any atom is 0.321 e. The average Bonchev–Trinajstić information content (AvgIpc) is 2.55. The number of hydrogen-bond acceptors (Lipinski definition) is 5. The summed E-state index contributed by atoms with van der Waals surface area (Å²) in [5.74, 6) is -1.15. The van der Waals surface area contributed by atoms with E-state index in [0.717, 1.165) is 25.2 Å². The van der Waals surface area contributed by atoms with E-state index in [-0.39, 0.29) is 12.2 Å². The Morgan fingerprint density at radius 1 is 1.26 bits per heavy atom. The lowest BCUT2D eigenvalue weighted by atomic mass is 10.0. The summed E-state index contributed by atoms with van der Waals surface area (Å²) in [6.45, 7) is 6.40. The van der Waals surface area contributed by atoms with Crippen molar-refractivity contribution in [1.82, 2.24) is 10.2 Å². The Morgan fingerprint density at radius 3 is 2.52 bits per heavy atom. The lowest BCUT2D eigenvalue weighted by Crippen LogP contribution is -2.45. The molecule has 1 heterocycles. The molecule has 6 heteroatoms. The summed E-state index contributed by atoms with van der Waals surface area (Å²) in [7, 11) is 0. The molecule has 1 atom stereocenters. The number of hydrogen-bond donors (Lipinski definition) is 2. The Hall–Kier alpha value is -1.76. The van der Waals surface area contributed by atoms with Gasteiger partial charge in [0.2, 0.25) is 0 Å². The first-order valence-corrected chi connectivity index (χ1v) is 7.92.